The molecular weight excluding hydrogens is 266 g/mol. The minimum absolute atomic E-state index is 0.190. The summed E-state index contributed by atoms with van der Waals surface area (Å²) in [5.74, 6) is 0.792. The van der Waals surface area contributed by atoms with Crippen LogP contribution in [0.15, 0.2) is 6.20 Å². The van der Waals surface area contributed by atoms with E-state index in [-0.39, 0.29) is 11.2 Å². The number of hydrogen-bond acceptors (Lipinski definition) is 4. The summed E-state index contributed by atoms with van der Waals surface area (Å²) in [6.45, 7) is 3.65. The molecule has 0 saturated heterocycles. The molecule has 2 rings (SSSR count). The number of ketones is 1. The van der Waals surface area contributed by atoms with Gasteiger partial charge >= 0.3 is 0 Å². The van der Waals surface area contributed by atoms with Crippen molar-refractivity contribution in [3.63, 3.8) is 0 Å². The first-order valence-electron chi connectivity index (χ1n) is 7.77. The molecule has 0 radical (unpaired) electrons. The number of Topliss-reactive ketones (excluding diaryl/α,β-unsaturated/α-hetero) is 1. The second kappa shape index (κ2) is 6.60. The zero-order valence-electron chi connectivity index (χ0n) is 13.7. The van der Waals surface area contributed by atoms with Gasteiger partial charge in [0.1, 0.15) is 5.69 Å². The molecule has 0 N–H and O–H groups in total. The summed E-state index contributed by atoms with van der Waals surface area (Å²) in [5, 5.41) is 4.35. The fourth-order valence-corrected chi connectivity index (χ4v) is 3.06. The molecule has 1 fully saturated rings. The van der Waals surface area contributed by atoms with Crippen LogP contribution in [0.2, 0.25) is 0 Å². The first kappa shape index (κ1) is 16.0. The summed E-state index contributed by atoms with van der Waals surface area (Å²) < 4.78 is 7.18. The maximum absolute atomic E-state index is 13.1. The quantitative estimate of drug-likeness (QED) is 0.756. The summed E-state index contributed by atoms with van der Waals surface area (Å²) in [6.07, 6.45) is 7.10. The molecule has 0 spiro atoms. The number of likely N-dealkylation sites (N-methyl/N-ethyl adjacent to an activating group) is 1. The van der Waals surface area contributed by atoms with Crippen molar-refractivity contribution in [1.29, 1.82) is 0 Å². The van der Waals surface area contributed by atoms with Crippen molar-refractivity contribution in [2.75, 3.05) is 27.7 Å². The van der Waals surface area contributed by atoms with E-state index in [0.717, 1.165) is 32.2 Å². The first-order valence-corrected chi connectivity index (χ1v) is 7.77. The highest BCUT2D eigenvalue weighted by Gasteiger charge is 2.38. The molecule has 0 aromatic carbocycles. The number of methoxy groups -OCH3 is 1. The van der Waals surface area contributed by atoms with Crippen LogP contribution in [-0.4, -0.2) is 48.2 Å². The Morgan fingerprint density at radius 2 is 2.05 bits per heavy atom. The molecule has 1 aromatic heterocycles. The van der Waals surface area contributed by atoms with Crippen LogP contribution in [0, 0.1) is 5.41 Å². The highest BCUT2D eigenvalue weighted by Crippen LogP contribution is 2.40. The summed E-state index contributed by atoms with van der Waals surface area (Å²) in [5.41, 5.74) is 0.380. The number of carbonyl (C=O) groups excluding carboxylic acids is 1. The van der Waals surface area contributed by atoms with Crippen LogP contribution in [-0.2, 0) is 6.54 Å². The topological polar surface area (TPSA) is 47.4 Å². The molecule has 1 aromatic rings. The van der Waals surface area contributed by atoms with E-state index in [1.54, 1.807) is 18.0 Å². The molecule has 0 unspecified atom stereocenters. The van der Waals surface area contributed by atoms with Crippen LogP contribution in [0.1, 0.15) is 49.5 Å². The highest BCUT2D eigenvalue weighted by molar-refractivity contribution is 6.01. The van der Waals surface area contributed by atoms with Gasteiger partial charge in [-0.15, -0.1) is 0 Å². The fraction of sp³-hybridized carbons (Fsp3) is 0.750. The third-order valence-electron chi connectivity index (χ3n) is 4.51. The number of hydrogen-bond donors (Lipinski definition) is 0. The Morgan fingerprint density at radius 3 is 2.62 bits per heavy atom. The van der Waals surface area contributed by atoms with Crippen molar-refractivity contribution >= 4 is 5.78 Å². The van der Waals surface area contributed by atoms with Crippen LogP contribution in [0.4, 0.5) is 0 Å². The molecule has 0 bridgehead atoms. The zero-order valence-corrected chi connectivity index (χ0v) is 13.7. The number of aromatic nitrogens is 2. The SMILES string of the molecule is COc1cnn(CCN(C)C)c1C(=O)C1(C)CCCCC1. The van der Waals surface area contributed by atoms with E-state index in [4.69, 9.17) is 4.74 Å². The van der Waals surface area contributed by atoms with Crippen molar-refractivity contribution in [1.82, 2.24) is 14.7 Å². The summed E-state index contributed by atoms with van der Waals surface area (Å²) in [6, 6.07) is 0. The van der Waals surface area contributed by atoms with Gasteiger partial charge in [-0.2, -0.15) is 5.10 Å². The van der Waals surface area contributed by atoms with Gasteiger partial charge in [0.2, 0.25) is 0 Å². The lowest BCUT2D eigenvalue weighted by Gasteiger charge is -2.32. The molecule has 0 aliphatic heterocycles. The summed E-state index contributed by atoms with van der Waals surface area (Å²) in [4.78, 5) is 15.2. The molecule has 5 nitrogen and oxygen atoms in total. The zero-order chi connectivity index (χ0) is 15.5. The minimum Gasteiger partial charge on any atom is -0.493 e. The first-order chi connectivity index (χ1) is 9.98. The number of carbonyl (C=O) groups is 1. The fourth-order valence-electron chi connectivity index (χ4n) is 3.06. The lowest BCUT2D eigenvalue weighted by Crippen LogP contribution is -2.33. The molecule has 1 saturated carbocycles. The van der Waals surface area contributed by atoms with Crippen LogP contribution in [0.25, 0.3) is 0 Å². The van der Waals surface area contributed by atoms with Gasteiger partial charge in [0.25, 0.3) is 0 Å². The molecule has 21 heavy (non-hydrogen) atoms. The van der Waals surface area contributed by atoms with Gasteiger partial charge in [-0.25, -0.2) is 0 Å². The maximum atomic E-state index is 13.1. The van der Waals surface area contributed by atoms with Crippen LogP contribution < -0.4 is 4.74 Å². The Bertz CT molecular complexity index is 488. The highest BCUT2D eigenvalue weighted by atomic mass is 16.5. The van der Waals surface area contributed by atoms with Crippen molar-refractivity contribution < 1.29 is 9.53 Å². The van der Waals surface area contributed by atoms with E-state index in [9.17, 15) is 4.79 Å². The Balaban J connectivity index is 2.27. The van der Waals surface area contributed by atoms with Crippen LogP contribution >= 0.6 is 0 Å². The van der Waals surface area contributed by atoms with Crippen molar-refractivity contribution in [3.05, 3.63) is 11.9 Å². The van der Waals surface area contributed by atoms with E-state index in [1.807, 2.05) is 14.1 Å². The smallest absolute Gasteiger partial charge is 0.190 e. The molecule has 0 atom stereocenters. The largest absolute Gasteiger partial charge is 0.493 e. The van der Waals surface area contributed by atoms with Gasteiger partial charge in [0.15, 0.2) is 11.5 Å². The van der Waals surface area contributed by atoms with E-state index >= 15 is 0 Å². The second-order valence-electron chi connectivity index (χ2n) is 6.54. The van der Waals surface area contributed by atoms with E-state index in [0.29, 0.717) is 18.0 Å². The van der Waals surface area contributed by atoms with Crippen LogP contribution in [0.5, 0.6) is 5.75 Å². The molecule has 118 valence electrons. The van der Waals surface area contributed by atoms with Gasteiger partial charge < -0.3 is 9.64 Å². The Labute approximate surface area is 127 Å². The monoisotopic (exact) mass is 293 g/mol. The lowest BCUT2D eigenvalue weighted by atomic mass is 9.72. The second-order valence-corrected chi connectivity index (χ2v) is 6.54. The summed E-state index contributed by atoms with van der Waals surface area (Å²) in [7, 11) is 5.64. The minimum atomic E-state index is -0.262. The lowest BCUT2D eigenvalue weighted by molar-refractivity contribution is 0.0733. The molecule has 0 amide bonds. The number of rotatable bonds is 6. The van der Waals surface area contributed by atoms with Crippen molar-refractivity contribution in [3.8, 4) is 5.75 Å². The number of nitrogens with zero attached hydrogens (tertiary/aromatic N) is 3. The van der Waals surface area contributed by atoms with E-state index in [1.165, 1.54) is 6.42 Å². The van der Waals surface area contributed by atoms with E-state index < -0.39 is 0 Å². The predicted molar refractivity (Wildman–Crippen MR) is 82.9 cm³/mol. The maximum Gasteiger partial charge on any atom is 0.190 e. The Hall–Kier alpha value is -1.36. The van der Waals surface area contributed by atoms with Gasteiger partial charge in [0, 0.05) is 12.0 Å². The predicted octanol–water partition coefficient (Wildman–Crippen LogP) is 2.61. The molecule has 1 heterocycles. The van der Waals surface area contributed by atoms with Crippen molar-refractivity contribution in [2.24, 2.45) is 5.41 Å². The molecule has 1 aliphatic carbocycles. The van der Waals surface area contributed by atoms with Gasteiger partial charge in [-0.1, -0.05) is 26.2 Å². The van der Waals surface area contributed by atoms with Gasteiger partial charge in [-0.05, 0) is 26.9 Å². The number of ether oxygens (including phenoxy) is 1. The van der Waals surface area contributed by atoms with E-state index in [2.05, 4.69) is 16.9 Å². The van der Waals surface area contributed by atoms with Gasteiger partial charge in [-0.3, -0.25) is 9.48 Å². The average Bonchev–Trinajstić information content (AvgIpc) is 2.87. The third-order valence-corrected chi connectivity index (χ3v) is 4.51. The molecular formula is C16H27N3O2. The standard InChI is InChI=1S/C16H27N3O2/c1-16(8-6-5-7-9-16)15(20)14-13(21-4)12-17-19(14)11-10-18(2)3/h12H,5-11H2,1-4H3. The van der Waals surface area contributed by atoms with Gasteiger partial charge in [0.05, 0.1) is 19.9 Å². The Kier molecular flexibility index (Phi) is 5.04. The molecule has 5 heteroatoms. The van der Waals surface area contributed by atoms with Crippen LogP contribution in [0.3, 0.4) is 0 Å². The summed E-state index contributed by atoms with van der Waals surface area (Å²) >= 11 is 0. The Morgan fingerprint density at radius 1 is 1.38 bits per heavy atom. The average molecular weight is 293 g/mol. The molecule has 1 aliphatic rings. The third kappa shape index (κ3) is 3.46. The normalized spacial score (nSPS) is 18.0. The van der Waals surface area contributed by atoms with Crippen molar-refractivity contribution in [2.45, 2.75) is 45.6 Å².